The van der Waals surface area contributed by atoms with Gasteiger partial charge in [0.2, 0.25) is 5.89 Å². The lowest BCUT2D eigenvalue weighted by molar-refractivity contribution is 0.170. The molecule has 0 amide bonds. The molecular formula is C17H22N2O. The van der Waals surface area contributed by atoms with Crippen molar-refractivity contribution < 1.29 is 4.42 Å². The van der Waals surface area contributed by atoms with Gasteiger partial charge in [-0.3, -0.25) is 4.90 Å². The molecule has 20 heavy (non-hydrogen) atoms. The second-order valence-electron chi connectivity index (χ2n) is 5.69. The molecule has 0 unspecified atom stereocenters. The summed E-state index contributed by atoms with van der Waals surface area (Å²) in [6.07, 6.45) is 8.55. The van der Waals surface area contributed by atoms with E-state index in [4.69, 9.17) is 4.42 Å². The molecule has 0 spiro atoms. The van der Waals surface area contributed by atoms with Crippen molar-refractivity contribution >= 4 is 0 Å². The van der Waals surface area contributed by atoms with Crippen LogP contribution in [-0.4, -0.2) is 23.0 Å². The molecule has 106 valence electrons. The molecule has 1 heterocycles. The standard InChI is InChI=1S/C17H22N2O/c1-19(15-10-6-3-7-11-15)13-17-18-12-16(20-17)14-8-4-2-5-9-14/h2,4-5,8-9,12,15H,3,6-7,10-11,13H2,1H3. The van der Waals surface area contributed by atoms with Crippen LogP contribution < -0.4 is 0 Å². The molecule has 1 aliphatic rings. The Hall–Kier alpha value is -1.61. The van der Waals surface area contributed by atoms with Gasteiger partial charge in [-0.25, -0.2) is 4.98 Å². The predicted molar refractivity (Wildman–Crippen MR) is 80.3 cm³/mol. The molecule has 1 saturated carbocycles. The molecule has 2 aromatic rings. The van der Waals surface area contributed by atoms with E-state index in [-0.39, 0.29) is 0 Å². The minimum absolute atomic E-state index is 0.691. The third-order valence-electron chi connectivity index (χ3n) is 4.19. The van der Waals surface area contributed by atoms with Gasteiger partial charge in [0.15, 0.2) is 5.76 Å². The summed E-state index contributed by atoms with van der Waals surface area (Å²) in [5.74, 6) is 1.68. The highest BCUT2D eigenvalue weighted by atomic mass is 16.4. The van der Waals surface area contributed by atoms with Crippen LogP contribution in [0, 0.1) is 0 Å². The molecule has 0 bridgehead atoms. The number of hydrogen-bond donors (Lipinski definition) is 0. The van der Waals surface area contributed by atoms with Crippen LogP contribution in [0.15, 0.2) is 40.9 Å². The monoisotopic (exact) mass is 270 g/mol. The summed E-state index contributed by atoms with van der Waals surface area (Å²) in [6, 6.07) is 10.8. The van der Waals surface area contributed by atoms with E-state index in [0.717, 1.165) is 23.8 Å². The zero-order valence-corrected chi connectivity index (χ0v) is 12.1. The molecular weight excluding hydrogens is 248 g/mol. The number of rotatable bonds is 4. The zero-order chi connectivity index (χ0) is 13.8. The Morgan fingerprint density at radius 2 is 1.90 bits per heavy atom. The Bertz CT molecular complexity index is 529. The van der Waals surface area contributed by atoms with Crippen LogP contribution in [0.4, 0.5) is 0 Å². The number of benzene rings is 1. The van der Waals surface area contributed by atoms with E-state index in [1.807, 2.05) is 24.4 Å². The number of aromatic nitrogens is 1. The highest BCUT2D eigenvalue weighted by Gasteiger charge is 2.19. The fourth-order valence-electron chi connectivity index (χ4n) is 2.98. The fourth-order valence-corrected chi connectivity index (χ4v) is 2.98. The second kappa shape index (κ2) is 6.23. The highest BCUT2D eigenvalue weighted by Crippen LogP contribution is 2.24. The van der Waals surface area contributed by atoms with Gasteiger partial charge in [-0.05, 0) is 19.9 Å². The van der Waals surface area contributed by atoms with E-state index in [2.05, 4.69) is 29.1 Å². The van der Waals surface area contributed by atoms with E-state index in [9.17, 15) is 0 Å². The number of nitrogens with zero attached hydrogens (tertiary/aromatic N) is 2. The van der Waals surface area contributed by atoms with Crippen molar-refractivity contribution in [3.05, 3.63) is 42.4 Å². The van der Waals surface area contributed by atoms with E-state index < -0.39 is 0 Å². The normalized spacial score (nSPS) is 16.7. The summed E-state index contributed by atoms with van der Waals surface area (Å²) in [6.45, 7) is 0.803. The maximum Gasteiger partial charge on any atom is 0.209 e. The molecule has 1 fully saturated rings. The fraction of sp³-hybridized carbons (Fsp3) is 0.471. The third-order valence-corrected chi connectivity index (χ3v) is 4.19. The van der Waals surface area contributed by atoms with E-state index in [1.54, 1.807) is 0 Å². The highest BCUT2D eigenvalue weighted by molar-refractivity contribution is 5.55. The van der Waals surface area contributed by atoms with Crippen LogP contribution in [0.2, 0.25) is 0 Å². The minimum atomic E-state index is 0.691. The Morgan fingerprint density at radius 1 is 1.15 bits per heavy atom. The molecule has 0 aliphatic heterocycles. The molecule has 1 aromatic heterocycles. The van der Waals surface area contributed by atoms with Crippen molar-refractivity contribution in [2.45, 2.75) is 44.7 Å². The first-order valence-electron chi connectivity index (χ1n) is 7.53. The lowest BCUT2D eigenvalue weighted by Crippen LogP contribution is -2.32. The van der Waals surface area contributed by atoms with E-state index >= 15 is 0 Å². The molecule has 0 radical (unpaired) electrons. The van der Waals surface area contributed by atoms with E-state index in [0.29, 0.717) is 6.04 Å². The second-order valence-corrected chi connectivity index (χ2v) is 5.69. The molecule has 3 heteroatoms. The number of hydrogen-bond acceptors (Lipinski definition) is 3. The average molecular weight is 270 g/mol. The molecule has 3 rings (SSSR count). The largest absolute Gasteiger partial charge is 0.439 e. The van der Waals surface area contributed by atoms with Crippen LogP contribution in [-0.2, 0) is 6.54 Å². The van der Waals surface area contributed by atoms with Crippen LogP contribution >= 0.6 is 0 Å². The van der Waals surface area contributed by atoms with Gasteiger partial charge in [0.05, 0.1) is 12.7 Å². The van der Waals surface area contributed by atoms with Crippen LogP contribution in [0.5, 0.6) is 0 Å². The lowest BCUT2D eigenvalue weighted by atomic mass is 9.94. The summed E-state index contributed by atoms with van der Waals surface area (Å²) in [5.41, 5.74) is 1.09. The SMILES string of the molecule is CN(Cc1ncc(-c2ccccc2)o1)C1CCCCC1. The van der Waals surface area contributed by atoms with Crippen molar-refractivity contribution in [3.8, 4) is 11.3 Å². The quantitative estimate of drug-likeness (QED) is 0.837. The number of oxazole rings is 1. The Morgan fingerprint density at radius 3 is 2.65 bits per heavy atom. The van der Waals surface area contributed by atoms with Gasteiger partial charge in [-0.15, -0.1) is 0 Å². The van der Waals surface area contributed by atoms with Crippen molar-refractivity contribution in [1.82, 2.24) is 9.88 Å². The van der Waals surface area contributed by atoms with Crippen molar-refractivity contribution in [2.24, 2.45) is 0 Å². The maximum atomic E-state index is 5.88. The topological polar surface area (TPSA) is 29.3 Å². The molecule has 1 aliphatic carbocycles. The Kier molecular flexibility index (Phi) is 4.16. The van der Waals surface area contributed by atoms with Gasteiger partial charge >= 0.3 is 0 Å². The maximum absolute atomic E-state index is 5.88. The lowest BCUT2D eigenvalue weighted by Gasteiger charge is -2.30. The van der Waals surface area contributed by atoms with Gasteiger partial charge in [-0.1, -0.05) is 49.6 Å². The van der Waals surface area contributed by atoms with Gasteiger partial charge in [0.1, 0.15) is 0 Å². The van der Waals surface area contributed by atoms with Gasteiger partial charge < -0.3 is 4.42 Å². The predicted octanol–water partition coefficient (Wildman–Crippen LogP) is 4.11. The first-order chi connectivity index (χ1) is 9.83. The molecule has 3 nitrogen and oxygen atoms in total. The summed E-state index contributed by atoms with van der Waals surface area (Å²) in [5, 5.41) is 0. The smallest absolute Gasteiger partial charge is 0.209 e. The third kappa shape index (κ3) is 3.10. The van der Waals surface area contributed by atoms with Crippen molar-refractivity contribution in [3.63, 3.8) is 0 Å². The van der Waals surface area contributed by atoms with Crippen LogP contribution in [0.25, 0.3) is 11.3 Å². The van der Waals surface area contributed by atoms with Crippen molar-refractivity contribution in [2.75, 3.05) is 7.05 Å². The minimum Gasteiger partial charge on any atom is -0.439 e. The van der Waals surface area contributed by atoms with Crippen LogP contribution in [0.3, 0.4) is 0 Å². The van der Waals surface area contributed by atoms with Gasteiger partial charge in [-0.2, -0.15) is 0 Å². The van der Waals surface area contributed by atoms with Gasteiger partial charge in [0, 0.05) is 11.6 Å². The molecule has 1 aromatic carbocycles. The first kappa shape index (κ1) is 13.4. The average Bonchev–Trinajstić information content (AvgIpc) is 2.97. The molecule has 0 atom stereocenters. The Labute approximate surface area is 120 Å². The summed E-state index contributed by atoms with van der Waals surface area (Å²) in [7, 11) is 2.18. The van der Waals surface area contributed by atoms with E-state index in [1.165, 1.54) is 32.1 Å². The van der Waals surface area contributed by atoms with Crippen molar-refractivity contribution in [1.29, 1.82) is 0 Å². The zero-order valence-electron chi connectivity index (χ0n) is 12.1. The summed E-state index contributed by atoms with van der Waals surface area (Å²) in [4.78, 5) is 6.81. The first-order valence-corrected chi connectivity index (χ1v) is 7.53. The molecule has 0 N–H and O–H groups in total. The summed E-state index contributed by atoms with van der Waals surface area (Å²) < 4.78 is 5.88. The molecule has 0 saturated heterocycles. The van der Waals surface area contributed by atoms with Gasteiger partial charge in [0.25, 0.3) is 0 Å². The summed E-state index contributed by atoms with van der Waals surface area (Å²) >= 11 is 0. The Balaban J connectivity index is 1.65. The van der Waals surface area contributed by atoms with Crippen LogP contribution in [0.1, 0.15) is 38.0 Å².